The predicted octanol–water partition coefficient (Wildman–Crippen LogP) is 3.37. The van der Waals surface area contributed by atoms with Crippen molar-refractivity contribution in [3.63, 3.8) is 0 Å². The molecule has 8 heteroatoms. The minimum Gasteiger partial charge on any atom is -0.395 e. The molecule has 0 bridgehead atoms. The van der Waals surface area contributed by atoms with Crippen molar-refractivity contribution in [2.24, 2.45) is 0 Å². The second-order valence-electron chi connectivity index (χ2n) is 5.99. The molecule has 2 heterocycles. The molecule has 3 rings (SSSR count). The Kier molecular flexibility index (Phi) is 6.31. The number of hydrogen-bond donors (Lipinski definition) is 1. The highest BCUT2D eigenvalue weighted by atomic mass is 32.1. The van der Waals surface area contributed by atoms with E-state index in [0.29, 0.717) is 18.1 Å². The molecular formula is C19H21FN4O2S. The number of aromatic nitrogens is 3. The Hall–Kier alpha value is -2.58. The third kappa shape index (κ3) is 4.40. The maximum absolute atomic E-state index is 13.3. The van der Waals surface area contributed by atoms with Gasteiger partial charge in [-0.25, -0.2) is 14.1 Å². The minimum absolute atomic E-state index is 0.0623. The summed E-state index contributed by atoms with van der Waals surface area (Å²) in [5.74, 6) is -0.0793. The van der Waals surface area contributed by atoms with E-state index in [1.807, 2.05) is 24.4 Å². The van der Waals surface area contributed by atoms with Crippen molar-refractivity contribution < 1.29 is 14.3 Å². The van der Waals surface area contributed by atoms with Gasteiger partial charge in [-0.2, -0.15) is 0 Å². The number of amides is 1. The van der Waals surface area contributed by atoms with E-state index in [0.717, 1.165) is 17.7 Å². The molecule has 0 aliphatic rings. The summed E-state index contributed by atoms with van der Waals surface area (Å²) in [6.45, 7) is 2.69. The van der Waals surface area contributed by atoms with Gasteiger partial charge in [-0.1, -0.05) is 19.4 Å². The van der Waals surface area contributed by atoms with Gasteiger partial charge < -0.3 is 10.0 Å². The molecule has 2 aromatic heterocycles. The van der Waals surface area contributed by atoms with Gasteiger partial charge in [0.15, 0.2) is 5.82 Å². The van der Waals surface area contributed by atoms with Gasteiger partial charge in [0.25, 0.3) is 5.91 Å². The zero-order chi connectivity index (χ0) is 19.2. The van der Waals surface area contributed by atoms with Crippen LogP contribution in [0.25, 0.3) is 16.4 Å². The fraction of sp³-hybridized carbons (Fsp3) is 0.316. The number of hydrogen-bond acceptors (Lipinski definition) is 5. The van der Waals surface area contributed by atoms with Crippen LogP contribution < -0.4 is 0 Å². The smallest absolute Gasteiger partial charge is 0.293 e. The van der Waals surface area contributed by atoms with Crippen LogP contribution in [0.1, 0.15) is 30.4 Å². The highest BCUT2D eigenvalue weighted by molar-refractivity contribution is 7.13. The lowest BCUT2D eigenvalue weighted by Crippen LogP contribution is -2.35. The molecule has 1 amide bonds. The van der Waals surface area contributed by atoms with Crippen LogP contribution >= 0.6 is 11.3 Å². The number of aliphatic hydroxyl groups excluding tert-OH is 1. The second kappa shape index (κ2) is 8.88. The summed E-state index contributed by atoms with van der Waals surface area (Å²) in [4.78, 5) is 19.8. The number of rotatable bonds is 8. The summed E-state index contributed by atoms with van der Waals surface area (Å²) in [5.41, 5.74) is 0.619. The van der Waals surface area contributed by atoms with Crippen molar-refractivity contribution in [2.75, 3.05) is 19.7 Å². The fourth-order valence-corrected chi connectivity index (χ4v) is 3.35. The molecular weight excluding hydrogens is 367 g/mol. The van der Waals surface area contributed by atoms with E-state index >= 15 is 0 Å². The monoisotopic (exact) mass is 388 g/mol. The van der Waals surface area contributed by atoms with E-state index in [2.05, 4.69) is 10.1 Å². The number of carbonyl (C=O) groups is 1. The Bertz CT molecular complexity index is 878. The predicted molar refractivity (Wildman–Crippen MR) is 103 cm³/mol. The largest absolute Gasteiger partial charge is 0.395 e. The van der Waals surface area contributed by atoms with Crippen molar-refractivity contribution in [1.29, 1.82) is 0 Å². The summed E-state index contributed by atoms with van der Waals surface area (Å²) in [5, 5.41) is 15.6. The lowest BCUT2D eigenvalue weighted by Gasteiger charge is -2.19. The summed E-state index contributed by atoms with van der Waals surface area (Å²) in [6, 6.07) is 9.66. The number of benzene rings is 1. The van der Waals surface area contributed by atoms with Crippen LogP contribution in [0, 0.1) is 5.82 Å². The first-order valence-electron chi connectivity index (χ1n) is 8.81. The van der Waals surface area contributed by atoms with Crippen LogP contribution in [-0.2, 0) is 0 Å². The second-order valence-corrected chi connectivity index (χ2v) is 6.94. The van der Waals surface area contributed by atoms with Gasteiger partial charge in [-0.3, -0.25) is 4.79 Å². The van der Waals surface area contributed by atoms with Crippen LogP contribution in [0.3, 0.4) is 0 Å². The van der Waals surface area contributed by atoms with Gasteiger partial charge in [-0.15, -0.1) is 16.4 Å². The summed E-state index contributed by atoms with van der Waals surface area (Å²) in [6.07, 6.45) is 1.77. The molecule has 0 saturated heterocycles. The first-order valence-corrected chi connectivity index (χ1v) is 9.69. The molecule has 0 fully saturated rings. The number of thiophene rings is 1. The Labute approximate surface area is 160 Å². The molecule has 142 valence electrons. The van der Waals surface area contributed by atoms with Crippen LogP contribution in [0.2, 0.25) is 0 Å². The molecule has 0 spiro atoms. The van der Waals surface area contributed by atoms with E-state index in [4.69, 9.17) is 0 Å². The minimum atomic E-state index is -0.346. The Balaban J connectivity index is 2.00. The number of halogens is 1. The van der Waals surface area contributed by atoms with Crippen molar-refractivity contribution in [2.45, 2.75) is 19.8 Å². The molecule has 0 atom stereocenters. The first-order chi connectivity index (χ1) is 13.1. The van der Waals surface area contributed by atoms with Crippen molar-refractivity contribution in [3.8, 4) is 16.4 Å². The zero-order valence-corrected chi connectivity index (χ0v) is 15.8. The maximum Gasteiger partial charge on any atom is 0.293 e. The molecule has 0 aliphatic carbocycles. The summed E-state index contributed by atoms with van der Waals surface area (Å²) >= 11 is 1.48. The van der Waals surface area contributed by atoms with E-state index < -0.39 is 0 Å². The van der Waals surface area contributed by atoms with Gasteiger partial charge in [-0.05, 0) is 42.1 Å². The number of carbonyl (C=O) groups excluding carboxylic acids is 1. The van der Waals surface area contributed by atoms with E-state index in [1.54, 1.807) is 21.7 Å². The van der Waals surface area contributed by atoms with Crippen molar-refractivity contribution in [1.82, 2.24) is 19.7 Å². The summed E-state index contributed by atoms with van der Waals surface area (Å²) < 4.78 is 14.8. The van der Waals surface area contributed by atoms with Gasteiger partial charge >= 0.3 is 0 Å². The third-order valence-corrected chi connectivity index (χ3v) is 4.92. The molecule has 1 N–H and O–H groups in total. The van der Waals surface area contributed by atoms with E-state index in [9.17, 15) is 14.3 Å². The quantitative estimate of drug-likeness (QED) is 0.642. The molecule has 0 radical (unpaired) electrons. The Morgan fingerprint density at radius 3 is 2.67 bits per heavy atom. The van der Waals surface area contributed by atoms with Crippen LogP contribution in [-0.4, -0.2) is 50.4 Å². The molecule has 0 aliphatic heterocycles. The van der Waals surface area contributed by atoms with E-state index in [-0.39, 0.29) is 30.7 Å². The molecule has 0 unspecified atom stereocenters. The Morgan fingerprint density at radius 1 is 1.26 bits per heavy atom. The first kappa shape index (κ1) is 19.2. The fourth-order valence-electron chi connectivity index (χ4n) is 2.66. The number of unbranched alkanes of at least 4 members (excludes halogenated alkanes) is 1. The summed E-state index contributed by atoms with van der Waals surface area (Å²) in [7, 11) is 0. The molecule has 1 aromatic carbocycles. The molecule has 3 aromatic rings. The van der Waals surface area contributed by atoms with Gasteiger partial charge in [0, 0.05) is 13.1 Å². The Morgan fingerprint density at radius 2 is 2.04 bits per heavy atom. The van der Waals surface area contributed by atoms with Crippen molar-refractivity contribution >= 4 is 17.2 Å². The van der Waals surface area contributed by atoms with Gasteiger partial charge in [0.2, 0.25) is 5.82 Å². The molecule has 6 nitrogen and oxygen atoms in total. The van der Waals surface area contributed by atoms with E-state index in [1.165, 1.54) is 23.5 Å². The number of aliphatic hydroxyl groups is 1. The zero-order valence-electron chi connectivity index (χ0n) is 15.0. The lowest BCUT2D eigenvalue weighted by atomic mass is 10.3. The molecule has 27 heavy (non-hydrogen) atoms. The average Bonchev–Trinajstić information content (AvgIpc) is 3.34. The standard InChI is InChI=1S/C19H21FN4O2S/c1-2-3-10-23(11-12-25)19(26)17-21-18(16-5-4-13-27-16)24(22-17)15-8-6-14(20)7-9-15/h4-9,13,25H,2-3,10-12H2,1H3. The van der Waals surface area contributed by atoms with Crippen LogP contribution in [0.5, 0.6) is 0 Å². The third-order valence-electron chi connectivity index (χ3n) is 4.05. The van der Waals surface area contributed by atoms with Crippen molar-refractivity contribution in [3.05, 3.63) is 53.4 Å². The lowest BCUT2D eigenvalue weighted by molar-refractivity contribution is 0.0707. The van der Waals surface area contributed by atoms with Gasteiger partial charge in [0.05, 0.1) is 17.2 Å². The highest BCUT2D eigenvalue weighted by Gasteiger charge is 2.23. The van der Waals surface area contributed by atoms with Gasteiger partial charge in [0.1, 0.15) is 5.82 Å². The van der Waals surface area contributed by atoms with Crippen LogP contribution in [0.4, 0.5) is 4.39 Å². The normalized spacial score (nSPS) is 10.9. The highest BCUT2D eigenvalue weighted by Crippen LogP contribution is 2.26. The maximum atomic E-state index is 13.3. The van der Waals surface area contributed by atoms with Crippen LogP contribution in [0.15, 0.2) is 41.8 Å². The SMILES string of the molecule is CCCCN(CCO)C(=O)c1nc(-c2cccs2)n(-c2ccc(F)cc2)n1. The topological polar surface area (TPSA) is 71.2 Å². The molecule has 0 saturated carbocycles. The number of nitrogens with zero attached hydrogens (tertiary/aromatic N) is 4. The average molecular weight is 388 g/mol.